The number of benzene rings is 2. The summed E-state index contributed by atoms with van der Waals surface area (Å²) in [6.45, 7) is 2.07. The second kappa shape index (κ2) is 7.58. The highest BCUT2D eigenvalue weighted by atomic mass is 32.2. The van der Waals surface area contributed by atoms with Crippen LogP contribution in [0.25, 0.3) is 16.2 Å². The number of nitrogens with one attached hydrogen (secondary N) is 1. The zero-order chi connectivity index (χ0) is 18.8. The molecule has 0 aliphatic carbocycles. The monoisotopic (exact) mass is 393 g/mol. The minimum atomic E-state index is -0.0291. The number of carbonyl (C=O) groups excluding carboxylic acids is 1. The van der Waals surface area contributed by atoms with E-state index in [0.717, 1.165) is 32.5 Å². The van der Waals surface area contributed by atoms with Gasteiger partial charge in [-0.25, -0.2) is 4.98 Å². The molecular weight excluding hydrogens is 374 g/mol. The Kier molecular flexibility index (Phi) is 5.01. The van der Waals surface area contributed by atoms with E-state index < -0.39 is 0 Å². The van der Waals surface area contributed by atoms with Crippen LogP contribution in [0.15, 0.2) is 65.0 Å². The Bertz CT molecular complexity index is 1100. The van der Waals surface area contributed by atoms with Crippen molar-refractivity contribution in [1.82, 2.24) is 9.38 Å². The van der Waals surface area contributed by atoms with Crippen LogP contribution in [0, 0.1) is 6.92 Å². The standard InChI is InChI=1S/C21H19N3OS2/c1-14-6-8-15(9-7-14)19-12-24-17(13-27-21(24)23-19)11-20(25)22-16-4-3-5-18(10-16)26-2/h3-10,12-13H,11H2,1-2H3,(H,22,25). The Morgan fingerprint density at radius 1 is 1.22 bits per heavy atom. The number of carbonyl (C=O) groups is 1. The molecule has 0 spiro atoms. The largest absolute Gasteiger partial charge is 0.326 e. The Labute approximate surface area is 166 Å². The number of thioether (sulfide) groups is 1. The number of thiazole rings is 1. The molecule has 2 aromatic heterocycles. The van der Waals surface area contributed by atoms with Crippen LogP contribution in [0.1, 0.15) is 11.3 Å². The number of imidazole rings is 1. The topological polar surface area (TPSA) is 46.4 Å². The lowest BCUT2D eigenvalue weighted by atomic mass is 10.1. The summed E-state index contributed by atoms with van der Waals surface area (Å²) in [7, 11) is 0. The average Bonchev–Trinajstić information content (AvgIpc) is 3.24. The summed E-state index contributed by atoms with van der Waals surface area (Å²) in [6, 6.07) is 16.2. The van der Waals surface area contributed by atoms with Crippen molar-refractivity contribution in [2.45, 2.75) is 18.2 Å². The minimum absolute atomic E-state index is 0.0291. The van der Waals surface area contributed by atoms with E-state index in [1.54, 1.807) is 23.1 Å². The molecule has 0 radical (unpaired) electrons. The van der Waals surface area contributed by atoms with E-state index in [2.05, 4.69) is 36.5 Å². The minimum Gasteiger partial charge on any atom is -0.326 e. The fraction of sp³-hybridized carbons (Fsp3) is 0.143. The van der Waals surface area contributed by atoms with Crippen molar-refractivity contribution in [2.75, 3.05) is 11.6 Å². The highest BCUT2D eigenvalue weighted by molar-refractivity contribution is 7.98. The second-order valence-electron chi connectivity index (χ2n) is 6.33. The molecule has 6 heteroatoms. The van der Waals surface area contributed by atoms with Crippen molar-refractivity contribution in [2.24, 2.45) is 0 Å². The molecule has 4 rings (SSSR count). The van der Waals surface area contributed by atoms with Gasteiger partial charge in [0.05, 0.1) is 12.1 Å². The molecule has 1 N–H and O–H groups in total. The van der Waals surface area contributed by atoms with Gasteiger partial charge in [0, 0.05) is 33.4 Å². The molecule has 0 saturated heterocycles. The van der Waals surface area contributed by atoms with Crippen LogP contribution in [0.2, 0.25) is 0 Å². The molecule has 2 heterocycles. The maximum atomic E-state index is 12.5. The summed E-state index contributed by atoms with van der Waals surface area (Å²) >= 11 is 3.21. The van der Waals surface area contributed by atoms with Crippen LogP contribution < -0.4 is 5.32 Å². The number of hydrogen-bond donors (Lipinski definition) is 1. The quantitative estimate of drug-likeness (QED) is 0.470. The van der Waals surface area contributed by atoms with Gasteiger partial charge in [-0.2, -0.15) is 0 Å². The highest BCUT2D eigenvalue weighted by Gasteiger charge is 2.13. The summed E-state index contributed by atoms with van der Waals surface area (Å²) in [5.41, 5.74) is 5.00. The Morgan fingerprint density at radius 2 is 2.04 bits per heavy atom. The summed E-state index contributed by atoms with van der Waals surface area (Å²) in [5.74, 6) is -0.0291. The van der Waals surface area contributed by atoms with Gasteiger partial charge in [-0.3, -0.25) is 9.20 Å². The van der Waals surface area contributed by atoms with E-state index in [1.165, 1.54) is 5.56 Å². The van der Waals surface area contributed by atoms with Gasteiger partial charge in [0.1, 0.15) is 0 Å². The van der Waals surface area contributed by atoms with E-state index >= 15 is 0 Å². The number of amides is 1. The van der Waals surface area contributed by atoms with Crippen LogP contribution in [0.3, 0.4) is 0 Å². The number of fused-ring (bicyclic) bond motifs is 1. The normalized spacial score (nSPS) is 11.0. The summed E-state index contributed by atoms with van der Waals surface area (Å²) in [4.78, 5) is 19.2. The van der Waals surface area contributed by atoms with Gasteiger partial charge < -0.3 is 5.32 Å². The van der Waals surface area contributed by atoms with Crippen LogP contribution in [0.4, 0.5) is 5.69 Å². The molecule has 0 bridgehead atoms. The van der Waals surface area contributed by atoms with Crippen LogP contribution in [0.5, 0.6) is 0 Å². The molecule has 0 aliphatic rings. The lowest BCUT2D eigenvalue weighted by molar-refractivity contribution is -0.115. The summed E-state index contributed by atoms with van der Waals surface area (Å²) in [6.07, 6.45) is 4.34. The molecule has 0 unspecified atom stereocenters. The van der Waals surface area contributed by atoms with Gasteiger partial charge in [-0.15, -0.1) is 23.1 Å². The molecule has 4 nitrogen and oxygen atoms in total. The number of aryl methyl sites for hydroxylation is 1. The van der Waals surface area contributed by atoms with Gasteiger partial charge in [0.2, 0.25) is 5.91 Å². The van der Waals surface area contributed by atoms with Gasteiger partial charge in [-0.05, 0) is 31.4 Å². The van der Waals surface area contributed by atoms with Crippen molar-refractivity contribution in [3.8, 4) is 11.3 Å². The van der Waals surface area contributed by atoms with Crippen molar-refractivity contribution in [3.63, 3.8) is 0 Å². The Morgan fingerprint density at radius 3 is 2.81 bits per heavy atom. The van der Waals surface area contributed by atoms with Crippen molar-refractivity contribution in [3.05, 3.63) is 71.4 Å². The lowest BCUT2D eigenvalue weighted by Gasteiger charge is -2.06. The van der Waals surface area contributed by atoms with Crippen LogP contribution >= 0.6 is 23.1 Å². The average molecular weight is 394 g/mol. The van der Waals surface area contributed by atoms with E-state index in [4.69, 9.17) is 4.98 Å². The summed E-state index contributed by atoms with van der Waals surface area (Å²) < 4.78 is 2.01. The van der Waals surface area contributed by atoms with Crippen LogP contribution in [-0.4, -0.2) is 21.5 Å². The first-order chi connectivity index (χ1) is 13.1. The second-order valence-corrected chi connectivity index (χ2v) is 8.04. The van der Waals surface area contributed by atoms with Crippen LogP contribution in [-0.2, 0) is 11.2 Å². The number of anilines is 1. The molecule has 1 amide bonds. The lowest BCUT2D eigenvalue weighted by Crippen LogP contribution is -2.15. The van der Waals surface area contributed by atoms with Crippen molar-refractivity contribution >= 4 is 39.7 Å². The Hall–Kier alpha value is -2.57. The number of nitrogens with zero attached hydrogens (tertiary/aromatic N) is 2. The van der Waals surface area contributed by atoms with Gasteiger partial charge in [0.15, 0.2) is 4.96 Å². The molecule has 0 atom stereocenters. The van der Waals surface area contributed by atoms with Gasteiger partial charge in [0.25, 0.3) is 0 Å². The first-order valence-corrected chi connectivity index (χ1v) is 10.7. The molecule has 0 aliphatic heterocycles. The van der Waals surface area contributed by atoms with E-state index in [9.17, 15) is 4.79 Å². The van der Waals surface area contributed by atoms with E-state index in [0.29, 0.717) is 6.42 Å². The first-order valence-electron chi connectivity index (χ1n) is 8.59. The van der Waals surface area contributed by atoms with E-state index in [1.807, 2.05) is 46.5 Å². The fourth-order valence-corrected chi connectivity index (χ4v) is 4.22. The third-order valence-electron chi connectivity index (χ3n) is 4.33. The SMILES string of the molecule is CSc1cccc(NC(=O)Cc2csc3nc(-c4ccc(C)cc4)cn23)c1. The maximum Gasteiger partial charge on any atom is 0.230 e. The van der Waals surface area contributed by atoms with E-state index in [-0.39, 0.29) is 5.91 Å². The van der Waals surface area contributed by atoms with Gasteiger partial charge >= 0.3 is 0 Å². The predicted molar refractivity (Wildman–Crippen MR) is 114 cm³/mol. The predicted octanol–water partition coefficient (Wildman–Crippen LogP) is 5.27. The number of aromatic nitrogens is 2. The number of rotatable bonds is 5. The number of hydrogen-bond acceptors (Lipinski definition) is 4. The zero-order valence-electron chi connectivity index (χ0n) is 15.1. The molecular formula is C21H19N3OS2. The molecule has 0 saturated carbocycles. The smallest absolute Gasteiger partial charge is 0.230 e. The molecule has 2 aromatic carbocycles. The molecule has 0 fully saturated rings. The van der Waals surface area contributed by atoms with Crippen molar-refractivity contribution in [1.29, 1.82) is 0 Å². The maximum absolute atomic E-state index is 12.5. The zero-order valence-corrected chi connectivity index (χ0v) is 16.7. The van der Waals surface area contributed by atoms with Gasteiger partial charge in [-0.1, -0.05) is 35.9 Å². The third kappa shape index (κ3) is 3.91. The molecule has 27 heavy (non-hydrogen) atoms. The highest BCUT2D eigenvalue weighted by Crippen LogP contribution is 2.25. The third-order valence-corrected chi connectivity index (χ3v) is 5.94. The first kappa shape index (κ1) is 17.8. The molecule has 4 aromatic rings. The Balaban J connectivity index is 1.53. The van der Waals surface area contributed by atoms with Crippen molar-refractivity contribution < 1.29 is 4.79 Å². The fourth-order valence-electron chi connectivity index (χ4n) is 2.89. The molecule has 136 valence electrons. The summed E-state index contributed by atoms with van der Waals surface area (Å²) in [5, 5.41) is 4.98.